The van der Waals surface area contributed by atoms with Gasteiger partial charge in [0.2, 0.25) is 11.8 Å². The Kier molecular flexibility index (Phi) is 5.62. The fourth-order valence-electron chi connectivity index (χ4n) is 4.07. The predicted octanol–water partition coefficient (Wildman–Crippen LogP) is 1.51. The summed E-state index contributed by atoms with van der Waals surface area (Å²) in [5.74, 6) is -0.0451. The van der Waals surface area contributed by atoms with Crippen molar-refractivity contribution < 1.29 is 9.59 Å². The summed E-state index contributed by atoms with van der Waals surface area (Å²) in [6.07, 6.45) is 7.25. The van der Waals surface area contributed by atoms with Crippen LogP contribution in [0.3, 0.4) is 0 Å². The van der Waals surface area contributed by atoms with Gasteiger partial charge < -0.3 is 10.6 Å². The van der Waals surface area contributed by atoms with Crippen LogP contribution in [0.4, 0.5) is 0 Å². The number of likely N-dealkylation sites (tertiary alicyclic amines) is 2. The minimum Gasteiger partial charge on any atom is -0.368 e. The Balaban J connectivity index is 2.11. The molecule has 120 valence electrons. The van der Waals surface area contributed by atoms with E-state index in [1.54, 1.807) is 6.92 Å². The van der Waals surface area contributed by atoms with E-state index in [1.807, 2.05) is 4.90 Å². The Morgan fingerprint density at radius 2 is 1.86 bits per heavy atom. The lowest BCUT2D eigenvalue weighted by Crippen LogP contribution is -2.54. The molecule has 3 atom stereocenters. The highest BCUT2D eigenvalue weighted by atomic mass is 16.2. The first kappa shape index (κ1) is 16.3. The third-order valence-electron chi connectivity index (χ3n) is 5.05. The second-order valence-electron chi connectivity index (χ2n) is 6.43. The molecule has 0 bridgehead atoms. The van der Waals surface area contributed by atoms with E-state index in [4.69, 9.17) is 5.73 Å². The Morgan fingerprint density at radius 3 is 2.48 bits per heavy atom. The van der Waals surface area contributed by atoms with Crippen LogP contribution in [0.25, 0.3) is 0 Å². The molecule has 21 heavy (non-hydrogen) atoms. The quantitative estimate of drug-likeness (QED) is 0.807. The number of nitrogens with two attached hydrogens (primary N) is 1. The lowest BCUT2D eigenvalue weighted by atomic mass is 10.00. The van der Waals surface area contributed by atoms with Gasteiger partial charge in [0.25, 0.3) is 0 Å². The van der Waals surface area contributed by atoms with Crippen molar-refractivity contribution in [2.24, 2.45) is 5.73 Å². The summed E-state index contributed by atoms with van der Waals surface area (Å²) in [5, 5.41) is 0. The Hall–Kier alpha value is -1.10. The van der Waals surface area contributed by atoms with Gasteiger partial charge in [0.1, 0.15) is 0 Å². The van der Waals surface area contributed by atoms with Crippen LogP contribution in [-0.2, 0) is 9.59 Å². The smallest absolute Gasteiger partial charge is 0.234 e. The molecule has 5 nitrogen and oxygen atoms in total. The van der Waals surface area contributed by atoms with Crippen molar-refractivity contribution in [1.29, 1.82) is 0 Å². The van der Waals surface area contributed by atoms with Crippen LogP contribution in [0.5, 0.6) is 0 Å². The molecular formula is C16H29N3O2. The lowest BCUT2D eigenvalue weighted by Gasteiger charge is -2.37. The fourth-order valence-corrected chi connectivity index (χ4v) is 4.07. The molecule has 0 aromatic carbocycles. The average molecular weight is 295 g/mol. The Bertz CT molecular complexity index is 386. The van der Waals surface area contributed by atoms with Gasteiger partial charge in [-0.1, -0.05) is 19.8 Å². The standard InChI is InChI=1S/C16H29N3O2/c1-3-4-7-15(16(17)21)19-11-6-9-14(19)13-8-5-10-18(13)12(2)20/h13-15H,3-11H2,1-2H3,(H2,17,21)/t13-,14+,15+/m0/s1. The van der Waals surface area contributed by atoms with Crippen molar-refractivity contribution in [3.63, 3.8) is 0 Å². The molecule has 0 aromatic rings. The summed E-state index contributed by atoms with van der Waals surface area (Å²) < 4.78 is 0. The van der Waals surface area contributed by atoms with Crippen molar-refractivity contribution >= 4 is 11.8 Å². The van der Waals surface area contributed by atoms with Crippen LogP contribution < -0.4 is 5.73 Å². The zero-order valence-electron chi connectivity index (χ0n) is 13.4. The third-order valence-corrected chi connectivity index (χ3v) is 5.05. The monoisotopic (exact) mass is 295 g/mol. The molecule has 0 spiro atoms. The topological polar surface area (TPSA) is 66.6 Å². The van der Waals surface area contributed by atoms with Gasteiger partial charge in [-0.25, -0.2) is 0 Å². The first-order chi connectivity index (χ1) is 10.1. The molecule has 2 heterocycles. The number of carbonyl (C=O) groups is 2. The van der Waals surface area contributed by atoms with Gasteiger partial charge in [0.05, 0.1) is 6.04 Å². The average Bonchev–Trinajstić information content (AvgIpc) is 3.06. The summed E-state index contributed by atoms with van der Waals surface area (Å²) in [4.78, 5) is 28.0. The SMILES string of the molecule is CCCC[C@H](C(N)=O)N1CCC[C@@H]1[C@@H]1CCCN1C(C)=O. The second-order valence-corrected chi connectivity index (χ2v) is 6.43. The van der Waals surface area contributed by atoms with Gasteiger partial charge >= 0.3 is 0 Å². The fraction of sp³-hybridized carbons (Fsp3) is 0.875. The van der Waals surface area contributed by atoms with E-state index in [9.17, 15) is 9.59 Å². The first-order valence-electron chi connectivity index (χ1n) is 8.38. The molecule has 0 radical (unpaired) electrons. The number of rotatable bonds is 6. The number of amides is 2. The van der Waals surface area contributed by atoms with Crippen LogP contribution in [0.2, 0.25) is 0 Å². The molecule has 2 amide bonds. The maximum absolute atomic E-state index is 11.9. The number of unbranched alkanes of at least 4 members (excludes halogenated alkanes) is 1. The molecular weight excluding hydrogens is 266 g/mol. The molecule has 2 fully saturated rings. The first-order valence-corrected chi connectivity index (χ1v) is 8.38. The summed E-state index contributed by atoms with van der Waals surface area (Å²) in [6, 6.07) is 0.422. The van der Waals surface area contributed by atoms with Gasteiger partial charge in [-0.15, -0.1) is 0 Å². The number of carbonyl (C=O) groups excluding carboxylic acids is 2. The van der Waals surface area contributed by atoms with E-state index in [0.29, 0.717) is 6.04 Å². The van der Waals surface area contributed by atoms with Crippen LogP contribution in [0.1, 0.15) is 58.8 Å². The van der Waals surface area contributed by atoms with Crippen molar-refractivity contribution in [2.45, 2.75) is 76.9 Å². The molecule has 0 aromatic heterocycles. The van der Waals surface area contributed by atoms with Crippen LogP contribution in [-0.4, -0.2) is 52.8 Å². The highest BCUT2D eigenvalue weighted by Crippen LogP contribution is 2.32. The van der Waals surface area contributed by atoms with Gasteiger partial charge in [0, 0.05) is 25.6 Å². The zero-order valence-corrected chi connectivity index (χ0v) is 13.4. The van der Waals surface area contributed by atoms with Crippen molar-refractivity contribution in [1.82, 2.24) is 9.80 Å². The van der Waals surface area contributed by atoms with Crippen molar-refractivity contribution in [3.8, 4) is 0 Å². The molecule has 2 N–H and O–H groups in total. The summed E-state index contributed by atoms with van der Waals surface area (Å²) in [7, 11) is 0. The molecule has 0 saturated carbocycles. The zero-order chi connectivity index (χ0) is 15.4. The summed E-state index contributed by atoms with van der Waals surface area (Å²) in [6.45, 7) is 5.58. The van der Waals surface area contributed by atoms with Gasteiger partial charge in [-0.2, -0.15) is 0 Å². The molecule has 2 aliphatic heterocycles. The summed E-state index contributed by atoms with van der Waals surface area (Å²) >= 11 is 0. The van der Waals surface area contributed by atoms with E-state index in [2.05, 4.69) is 11.8 Å². The van der Waals surface area contributed by atoms with E-state index >= 15 is 0 Å². The third kappa shape index (κ3) is 3.57. The largest absolute Gasteiger partial charge is 0.368 e. The number of nitrogens with zero attached hydrogens (tertiary/aromatic N) is 2. The van der Waals surface area contributed by atoms with Gasteiger partial charge in [-0.05, 0) is 38.6 Å². The second kappa shape index (κ2) is 7.25. The van der Waals surface area contributed by atoms with Crippen molar-refractivity contribution in [2.75, 3.05) is 13.1 Å². The Labute approximate surface area is 127 Å². The van der Waals surface area contributed by atoms with E-state index in [1.165, 1.54) is 0 Å². The minimum absolute atomic E-state index is 0.160. The maximum Gasteiger partial charge on any atom is 0.234 e. The number of primary amides is 1. The van der Waals surface area contributed by atoms with Gasteiger partial charge in [-0.3, -0.25) is 14.5 Å². The van der Waals surface area contributed by atoms with Crippen LogP contribution in [0, 0.1) is 0 Å². The predicted molar refractivity (Wildman–Crippen MR) is 82.6 cm³/mol. The molecule has 2 aliphatic rings. The molecule has 2 rings (SSSR count). The number of hydrogen-bond donors (Lipinski definition) is 1. The van der Waals surface area contributed by atoms with E-state index in [-0.39, 0.29) is 23.9 Å². The van der Waals surface area contributed by atoms with E-state index in [0.717, 1.165) is 58.0 Å². The lowest BCUT2D eigenvalue weighted by molar-refractivity contribution is -0.131. The maximum atomic E-state index is 11.9. The van der Waals surface area contributed by atoms with Crippen LogP contribution in [0.15, 0.2) is 0 Å². The molecule has 0 unspecified atom stereocenters. The van der Waals surface area contributed by atoms with Crippen LogP contribution >= 0.6 is 0 Å². The van der Waals surface area contributed by atoms with Gasteiger partial charge in [0.15, 0.2) is 0 Å². The van der Waals surface area contributed by atoms with E-state index < -0.39 is 0 Å². The molecule has 5 heteroatoms. The highest BCUT2D eigenvalue weighted by molar-refractivity contribution is 5.80. The molecule has 0 aliphatic carbocycles. The van der Waals surface area contributed by atoms with Crippen molar-refractivity contribution in [3.05, 3.63) is 0 Å². The number of hydrogen-bond acceptors (Lipinski definition) is 3. The summed E-state index contributed by atoms with van der Waals surface area (Å²) in [5.41, 5.74) is 5.65. The highest BCUT2D eigenvalue weighted by Gasteiger charge is 2.42. The Morgan fingerprint density at radius 1 is 1.19 bits per heavy atom. The normalized spacial score (nSPS) is 28.0. The molecule has 2 saturated heterocycles. The minimum atomic E-state index is -0.206.